The topological polar surface area (TPSA) is 50.5 Å². The number of halogens is 2. The Hall–Kier alpha value is -0.720. The van der Waals surface area contributed by atoms with E-state index in [-0.39, 0.29) is 18.0 Å². The number of morpholine rings is 1. The van der Waals surface area contributed by atoms with Gasteiger partial charge in [0.15, 0.2) is 0 Å². The molecule has 21 heavy (non-hydrogen) atoms. The van der Waals surface area contributed by atoms with Crippen LogP contribution in [0.25, 0.3) is 0 Å². The maximum absolute atomic E-state index is 13.1. The first-order chi connectivity index (χ1) is 10.2. The molecule has 1 aromatic carbocycles. The second-order valence-corrected chi connectivity index (χ2v) is 6.28. The van der Waals surface area contributed by atoms with Gasteiger partial charge in [0, 0.05) is 17.6 Å². The molecule has 0 aromatic heterocycles. The van der Waals surface area contributed by atoms with Gasteiger partial charge in [0.25, 0.3) is 0 Å². The number of rotatable bonds is 4. The van der Waals surface area contributed by atoms with Crippen molar-refractivity contribution in [3.8, 4) is 0 Å². The largest absolute Gasteiger partial charge is 0.374 e. The second kappa shape index (κ2) is 6.58. The molecule has 1 aromatic rings. The van der Waals surface area contributed by atoms with Gasteiger partial charge in [-0.2, -0.15) is 0 Å². The summed E-state index contributed by atoms with van der Waals surface area (Å²) in [6.07, 6.45) is 3.12. The van der Waals surface area contributed by atoms with Gasteiger partial charge in [0.05, 0.1) is 18.8 Å². The molecule has 3 unspecified atom stereocenters. The van der Waals surface area contributed by atoms with Crippen molar-refractivity contribution in [3.63, 3.8) is 0 Å². The molecular formula is C15H21ClFN3O. The summed E-state index contributed by atoms with van der Waals surface area (Å²) in [6.45, 7) is 2.79. The first kappa shape index (κ1) is 15.2. The molecule has 2 saturated heterocycles. The highest BCUT2D eigenvalue weighted by molar-refractivity contribution is 6.31. The molecule has 2 heterocycles. The zero-order valence-electron chi connectivity index (χ0n) is 11.9. The van der Waals surface area contributed by atoms with Crippen LogP contribution in [0.3, 0.4) is 0 Å². The zero-order valence-corrected chi connectivity index (χ0v) is 12.7. The smallest absolute Gasteiger partial charge is 0.124 e. The molecular weight excluding hydrogens is 293 g/mol. The van der Waals surface area contributed by atoms with Gasteiger partial charge in [-0.05, 0) is 43.5 Å². The van der Waals surface area contributed by atoms with E-state index in [1.165, 1.54) is 25.0 Å². The SMILES string of the molecule is NNC(Cc1ccc(F)cc1Cl)C1CN2CCCC2CO1. The number of nitrogens with zero attached hydrogens (tertiary/aromatic N) is 1. The highest BCUT2D eigenvalue weighted by Crippen LogP contribution is 2.26. The highest BCUT2D eigenvalue weighted by atomic mass is 35.5. The Morgan fingerprint density at radius 2 is 2.38 bits per heavy atom. The van der Waals surface area contributed by atoms with Crippen LogP contribution < -0.4 is 11.3 Å². The van der Waals surface area contributed by atoms with Crippen molar-refractivity contribution in [1.82, 2.24) is 10.3 Å². The van der Waals surface area contributed by atoms with E-state index in [0.717, 1.165) is 25.3 Å². The van der Waals surface area contributed by atoms with Crippen molar-refractivity contribution in [3.05, 3.63) is 34.6 Å². The third-order valence-electron chi connectivity index (χ3n) is 4.53. The standard InChI is InChI=1S/C15H21ClFN3O/c16-13-7-11(17)4-3-10(13)6-14(19-18)15-8-20-5-1-2-12(20)9-21-15/h3-4,7,12,14-15,19H,1-2,5-6,8-9,18H2. The van der Waals surface area contributed by atoms with Crippen molar-refractivity contribution in [2.45, 2.75) is 37.5 Å². The molecule has 6 heteroatoms. The quantitative estimate of drug-likeness (QED) is 0.656. The molecule has 0 bridgehead atoms. The first-order valence-corrected chi connectivity index (χ1v) is 7.81. The second-order valence-electron chi connectivity index (χ2n) is 5.88. The number of fused-ring (bicyclic) bond motifs is 1. The highest BCUT2D eigenvalue weighted by Gasteiger charge is 2.35. The van der Waals surface area contributed by atoms with Crippen LogP contribution in [-0.4, -0.2) is 42.8 Å². The normalized spacial score (nSPS) is 27.6. The Labute approximate surface area is 129 Å². The lowest BCUT2D eigenvalue weighted by molar-refractivity contribution is -0.0644. The van der Waals surface area contributed by atoms with Crippen LogP contribution in [0.4, 0.5) is 4.39 Å². The fraction of sp³-hybridized carbons (Fsp3) is 0.600. The fourth-order valence-electron chi connectivity index (χ4n) is 3.31. The van der Waals surface area contributed by atoms with E-state index in [2.05, 4.69) is 10.3 Å². The van der Waals surface area contributed by atoms with Crippen molar-refractivity contribution in [2.75, 3.05) is 19.7 Å². The summed E-state index contributed by atoms with van der Waals surface area (Å²) in [4.78, 5) is 2.48. The molecule has 4 nitrogen and oxygen atoms in total. The number of ether oxygens (including phenoxy) is 1. The van der Waals surface area contributed by atoms with Gasteiger partial charge < -0.3 is 4.74 Å². The number of nitrogens with one attached hydrogen (secondary N) is 1. The summed E-state index contributed by atoms with van der Waals surface area (Å²) in [6, 6.07) is 5.00. The van der Waals surface area contributed by atoms with E-state index in [1.807, 2.05) is 0 Å². The Kier molecular flexibility index (Phi) is 4.76. The van der Waals surface area contributed by atoms with Gasteiger partial charge in [-0.3, -0.25) is 16.2 Å². The lowest BCUT2D eigenvalue weighted by Crippen LogP contribution is -2.56. The van der Waals surface area contributed by atoms with Crippen LogP contribution in [0.1, 0.15) is 18.4 Å². The van der Waals surface area contributed by atoms with Gasteiger partial charge >= 0.3 is 0 Å². The van der Waals surface area contributed by atoms with Crippen molar-refractivity contribution in [1.29, 1.82) is 0 Å². The molecule has 2 aliphatic rings. The molecule has 3 atom stereocenters. The minimum atomic E-state index is -0.324. The Balaban J connectivity index is 1.67. The molecule has 2 aliphatic heterocycles. The van der Waals surface area contributed by atoms with E-state index in [9.17, 15) is 4.39 Å². The molecule has 2 fully saturated rings. The Morgan fingerprint density at radius 3 is 3.14 bits per heavy atom. The molecule has 0 spiro atoms. The maximum atomic E-state index is 13.1. The summed E-state index contributed by atoms with van der Waals surface area (Å²) in [5.41, 5.74) is 3.72. The van der Waals surface area contributed by atoms with Gasteiger partial charge in [0.2, 0.25) is 0 Å². The fourth-order valence-corrected chi connectivity index (χ4v) is 3.55. The maximum Gasteiger partial charge on any atom is 0.124 e. The minimum absolute atomic E-state index is 0.0328. The lowest BCUT2D eigenvalue weighted by atomic mass is 9.99. The summed E-state index contributed by atoms with van der Waals surface area (Å²) in [5.74, 6) is 5.38. The average molecular weight is 314 g/mol. The van der Waals surface area contributed by atoms with Crippen molar-refractivity contribution >= 4 is 11.6 Å². The van der Waals surface area contributed by atoms with Crippen LogP contribution in [0, 0.1) is 5.82 Å². The number of nitrogens with two attached hydrogens (primary N) is 1. The summed E-state index contributed by atoms with van der Waals surface area (Å²) in [7, 11) is 0. The van der Waals surface area contributed by atoms with Gasteiger partial charge in [-0.15, -0.1) is 0 Å². The van der Waals surface area contributed by atoms with E-state index in [1.54, 1.807) is 6.07 Å². The summed E-state index contributed by atoms with van der Waals surface area (Å²) < 4.78 is 19.1. The Morgan fingerprint density at radius 1 is 1.52 bits per heavy atom. The molecule has 0 radical (unpaired) electrons. The predicted molar refractivity (Wildman–Crippen MR) is 80.6 cm³/mol. The van der Waals surface area contributed by atoms with Crippen LogP contribution in [-0.2, 0) is 11.2 Å². The van der Waals surface area contributed by atoms with E-state index >= 15 is 0 Å². The van der Waals surface area contributed by atoms with Gasteiger partial charge in [-0.1, -0.05) is 17.7 Å². The van der Waals surface area contributed by atoms with E-state index in [0.29, 0.717) is 17.5 Å². The van der Waals surface area contributed by atoms with Crippen LogP contribution in [0.2, 0.25) is 5.02 Å². The average Bonchev–Trinajstić information content (AvgIpc) is 2.94. The number of hydrogen-bond donors (Lipinski definition) is 2. The number of hydrazine groups is 1. The van der Waals surface area contributed by atoms with Gasteiger partial charge in [0.1, 0.15) is 5.82 Å². The Bertz CT molecular complexity index is 502. The molecule has 116 valence electrons. The number of benzene rings is 1. The lowest BCUT2D eigenvalue weighted by Gasteiger charge is -2.38. The van der Waals surface area contributed by atoms with Gasteiger partial charge in [-0.25, -0.2) is 4.39 Å². The summed E-state index contributed by atoms with van der Waals surface area (Å²) >= 11 is 6.10. The van der Waals surface area contributed by atoms with Crippen molar-refractivity contribution < 1.29 is 9.13 Å². The molecule has 0 saturated carbocycles. The van der Waals surface area contributed by atoms with Crippen LogP contribution in [0.15, 0.2) is 18.2 Å². The third-order valence-corrected chi connectivity index (χ3v) is 4.89. The molecule has 0 amide bonds. The minimum Gasteiger partial charge on any atom is -0.374 e. The molecule has 3 N–H and O–H groups in total. The predicted octanol–water partition coefficient (Wildman–Crippen LogP) is 1.72. The molecule has 0 aliphatic carbocycles. The third kappa shape index (κ3) is 3.38. The van der Waals surface area contributed by atoms with Crippen LogP contribution in [0.5, 0.6) is 0 Å². The first-order valence-electron chi connectivity index (χ1n) is 7.43. The number of hydrogen-bond acceptors (Lipinski definition) is 4. The van der Waals surface area contributed by atoms with E-state index in [4.69, 9.17) is 22.2 Å². The molecule has 3 rings (SSSR count). The van der Waals surface area contributed by atoms with Crippen LogP contribution >= 0.6 is 11.6 Å². The van der Waals surface area contributed by atoms with E-state index < -0.39 is 0 Å². The zero-order chi connectivity index (χ0) is 14.8. The monoisotopic (exact) mass is 313 g/mol. The van der Waals surface area contributed by atoms with Crippen molar-refractivity contribution in [2.24, 2.45) is 5.84 Å². The summed E-state index contributed by atoms with van der Waals surface area (Å²) in [5, 5.41) is 0.435.